The molecule has 2 fully saturated rings. The number of hydrogen-bond donors (Lipinski definition) is 3. The lowest BCUT2D eigenvalue weighted by Gasteiger charge is -2.44. The zero-order valence-electron chi connectivity index (χ0n) is 15.5. The Morgan fingerprint density at radius 2 is 2.26 bits per heavy atom. The Balaban J connectivity index is 1.42. The van der Waals surface area contributed by atoms with Crippen molar-refractivity contribution in [1.29, 1.82) is 0 Å². The number of aliphatic hydroxyl groups is 1. The Labute approximate surface area is 163 Å². The number of carbonyl (C=O) groups is 2. The molecule has 1 unspecified atom stereocenters. The highest BCUT2D eigenvalue weighted by molar-refractivity contribution is 7.14. The first-order valence-corrected chi connectivity index (χ1v) is 10.6. The third-order valence-electron chi connectivity index (χ3n) is 5.84. The van der Waals surface area contributed by atoms with Crippen molar-refractivity contribution in [1.82, 2.24) is 15.5 Å². The fraction of sp³-hybridized carbons (Fsp3) is 0.684. The number of nitrogens with one attached hydrogen (secondary N) is 2. The maximum absolute atomic E-state index is 12.3. The van der Waals surface area contributed by atoms with Crippen LogP contribution >= 0.6 is 11.3 Å². The Hall–Kier alpha value is -1.48. The van der Waals surface area contributed by atoms with Gasteiger partial charge in [0.2, 0.25) is 5.91 Å². The molecule has 27 heavy (non-hydrogen) atoms. The van der Waals surface area contributed by atoms with E-state index in [1.807, 2.05) is 6.07 Å². The van der Waals surface area contributed by atoms with Gasteiger partial charge in [-0.05, 0) is 36.8 Å². The Bertz CT molecular complexity index is 712. The lowest BCUT2D eigenvalue weighted by atomic mass is 9.85. The van der Waals surface area contributed by atoms with E-state index < -0.39 is 0 Å². The Kier molecular flexibility index (Phi) is 5.50. The molecule has 3 aliphatic heterocycles. The maximum Gasteiger partial charge on any atom is 0.261 e. The molecule has 0 aromatic carbocycles. The van der Waals surface area contributed by atoms with Gasteiger partial charge in [0, 0.05) is 44.0 Å². The minimum atomic E-state index is -0.270. The molecule has 3 aliphatic rings. The first-order valence-electron chi connectivity index (χ1n) is 9.75. The monoisotopic (exact) mass is 393 g/mol. The van der Waals surface area contributed by atoms with Crippen LogP contribution in [0, 0.1) is 5.92 Å². The molecule has 8 heteroatoms. The number of aliphatic hydroxyl groups excluding tert-OH is 1. The number of carbonyl (C=O) groups excluding carboxylic acids is 2. The standard InChI is InChI=1S/C19H27N3O4S/c23-7-4-20-18(25)15-10-14-1-8-26-19(17(14)27-15)2-5-22(6-3-19)12-13-9-16(24)21-11-13/h10,13,23H,1-9,11-12H2,(H,20,25)(H,21,24). The van der Waals surface area contributed by atoms with Crippen LogP contribution in [0.25, 0.3) is 0 Å². The third kappa shape index (κ3) is 3.89. The summed E-state index contributed by atoms with van der Waals surface area (Å²) in [6, 6.07) is 2.00. The molecule has 2 amide bonds. The van der Waals surface area contributed by atoms with Crippen LogP contribution < -0.4 is 10.6 Å². The van der Waals surface area contributed by atoms with Crippen molar-refractivity contribution in [2.75, 3.05) is 45.9 Å². The van der Waals surface area contributed by atoms with Crippen LogP contribution in [-0.2, 0) is 21.6 Å². The van der Waals surface area contributed by atoms with Crippen molar-refractivity contribution in [3.05, 3.63) is 21.4 Å². The molecule has 1 spiro atoms. The molecule has 0 saturated carbocycles. The number of likely N-dealkylation sites (tertiary alicyclic amines) is 1. The van der Waals surface area contributed by atoms with E-state index in [1.54, 1.807) is 11.3 Å². The third-order valence-corrected chi connectivity index (χ3v) is 7.20. The van der Waals surface area contributed by atoms with Crippen LogP contribution in [0.2, 0.25) is 0 Å². The molecule has 2 saturated heterocycles. The second-order valence-corrected chi connectivity index (χ2v) is 8.76. The number of nitrogens with zero attached hydrogens (tertiary/aromatic N) is 1. The van der Waals surface area contributed by atoms with Gasteiger partial charge in [0.1, 0.15) is 5.60 Å². The fourth-order valence-electron chi connectivity index (χ4n) is 4.42. The predicted octanol–water partition coefficient (Wildman–Crippen LogP) is 0.470. The minimum absolute atomic E-state index is 0.0537. The van der Waals surface area contributed by atoms with E-state index in [9.17, 15) is 9.59 Å². The van der Waals surface area contributed by atoms with E-state index in [0.717, 1.165) is 45.4 Å². The van der Waals surface area contributed by atoms with E-state index in [4.69, 9.17) is 9.84 Å². The summed E-state index contributed by atoms with van der Waals surface area (Å²) < 4.78 is 6.29. The first kappa shape index (κ1) is 18.9. The number of amides is 2. The van der Waals surface area contributed by atoms with E-state index in [-0.39, 0.29) is 30.6 Å². The molecule has 148 valence electrons. The smallest absolute Gasteiger partial charge is 0.261 e. The zero-order valence-corrected chi connectivity index (χ0v) is 16.3. The number of ether oxygens (including phenoxy) is 1. The van der Waals surface area contributed by atoms with Gasteiger partial charge in [-0.3, -0.25) is 9.59 Å². The molecular formula is C19H27N3O4S. The summed E-state index contributed by atoms with van der Waals surface area (Å²) >= 11 is 1.54. The summed E-state index contributed by atoms with van der Waals surface area (Å²) in [7, 11) is 0. The first-order chi connectivity index (χ1) is 13.1. The molecule has 0 radical (unpaired) electrons. The largest absolute Gasteiger partial charge is 0.395 e. The van der Waals surface area contributed by atoms with Crippen molar-refractivity contribution in [3.8, 4) is 0 Å². The summed E-state index contributed by atoms with van der Waals surface area (Å²) in [5, 5.41) is 14.6. The van der Waals surface area contributed by atoms with Crippen molar-refractivity contribution in [2.45, 2.75) is 31.3 Å². The van der Waals surface area contributed by atoms with Gasteiger partial charge in [-0.2, -0.15) is 0 Å². The lowest BCUT2D eigenvalue weighted by Crippen LogP contribution is -2.47. The van der Waals surface area contributed by atoms with Crippen molar-refractivity contribution >= 4 is 23.2 Å². The molecule has 3 N–H and O–H groups in total. The topological polar surface area (TPSA) is 90.9 Å². The SMILES string of the molecule is O=C1CC(CN2CCC3(CC2)OCCc2cc(C(=O)NCCO)sc23)CN1. The van der Waals surface area contributed by atoms with Gasteiger partial charge in [-0.15, -0.1) is 11.3 Å². The molecule has 0 aliphatic carbocycles. The van der Waals surface area contributed by atoms with Crippen LogP contribution in [0.5, 0.6) is 0 Å². The number of piperidine rings is 1. The summed E-state index contributed by atoms with van der Waals surface area (Å²) in [5.74, 6) is 0.465. The van der Waals surface area contributed by atoms with E-state index in [0.29, 0.717) is 23.8 Å². The average molecular weight is 394 g/mol. The minimum Gasteiger partial charge on any atom is -0.395 e. The number of rotatable bonds is 5. The maximum atomic E-state index is 12.3. The second-order valence-electron chi connectivity index (χ2n) is 7.71. The van der Waals surface area contributed by atoms with Gasteiger partial charge in [0.25, 0.3) is 5.91 Å². The molecule has 1 aromatic rings. The molecule has 4 rings (SSSR count). The molecule has 4 heterocycles. The number of hydrogen-bond acceptors (Lipinski definition) is 6. The van der Waals surface area contributed by atoms with Crippen LogP contribution in [0.1, 0.15) is 39.4 Å². The molecule has 1 aromatic heterocycles. The zero-order chi connectivity index (χ0) is 18.9. The summed E-state index contributed by atoms with van der Waals surface area (Å²) in [4.78, 5) is 28.0. The highest BCUT2D eigenvalue weighted by atomic mass is 32.1. The number of fused-ring (bicyclic) bond motifs is 2. The van der Waals surface area contributed by atoms with Gasteiger partial charge in [0.05, 0.1) is 18.1 Å². The van der Waals surface area contributed by atoms with E-state index in [2.05, 4.69) is 15.5 Å². The predicted molar refractivity (Wildman–Crippen MR) is 102 cm³/mol. The summed E-state index contributed by atoms with van der Waals surface area (Å²) in [6.45, 7) is 4.57. The number of thiophene rings is 1. The quantitative estimate of drug-likeness (QED) is 0.677. The Morgan fingerprint density at radius 3 is 2.96 bits per heavy atom. The highest BCUT2D eigenvalue weighted by Gasteiger charge is 2.43. The summed E-state index contributed by atoms with van der Waals surface area (Å²) in [5.41, 5.74) is 0.966. The molecule has 7 nitrogen and oxygen atoms in total. The van der Waals surface area contributed by atoms with Crippen LogP contribution in [-0.4, -0.2) is 67.8 Å². The van der Waals surface area contributed by atoms with Crippen LogP contribution in [0.15, 0.2) is 6.07 Å². The van der Waals surface area contributed by atoms with Gasteiger partial charge in [-0.1, -0.05) is 0 Å². The van der Waals surface area contributed by atoms with Gasteiger partial charge in [0.15, 0.2) is 0 Å². The van der Waals surface area contributed by atoms with Crippen molar-refractivity contribution in [3.63, 3.8) is 0 Å². The van der Waals surface area contributed by atoms with E-state index in [1.165, 1.54) is 10.4 Å². The Morgan fingerprint density at radius 1 is 1.44 bits per heavy atom. The lowest BCUT2D eigenvalue weighted by molar-refractivity contribution is -0.119. The normalized spacial score (nSPS) is 24.6. The van der Waals surface area contributed by atoms with Crippen LogP contribution in [0.4, 0.5) is 0 Å². The fourth-order valence-corrected chi connectivity index (χ4v) is 5.74. The van der Waals surface area contributed by atoms with Gasteiger partial charge >= 0.3 is 0 Å². The van der Waals surface area contributed by atoms with Gasteiger partial charge in [-0.25, -0.2) is 0 Å². The summed E-state index contributed by atoms with van der Waals surface area (Å²) in [6.07, 6.45) is 3.33. The van der Waals surface area contributed by atoms with Gasteiger partial charge < -0.3 is 25.4 Å². The highest BCUT2D eigenvalue weighted by Crippen LogP contribution is 2.45. The van der Waals surface area contributed by atoms with Crippen LogP contribution in [0.3, 0.4) is 0 Å². The molecular weight excluding hydrogens is 366 g/mol. The van der Waals surface area contributed by atoms with Crippen molar-refractivity contribution in [2.24, 2.45) is 5.92 Å². The average Bonchev–Trinajstić information content (AvgIpc) is 3.29. The molecule has 1 atom stereocenters. The molecule has 0 bridgehead atoms. The van der Waals surface area contributed by atoms with Crippen molar-refractivity contribution < 1.29 is 19.4 Å². The second kappa shape index (κ2) is 7.87. The van der Waals surface area contributed by atoms with E-state index >= 15 is 0 Å².